The number of hydrogen-bond donors (Lipinski definition) is 0. The molecule has 0 N–H and O–H groups in total. The van der Waals surface area contributed by atoms with Crippen molar-refractivity contribution >= 4 is 56.6 Å². The van der Waals surface area contributed by atoms with Crippen LogP contribution in [0.25, 0.3) is 10.2 Å². The van der Waals surface area contributed by atoms with Crippen molar-refractivity contribution in [3.63, 3.8) is 0 Å². The first-order valence-electron chi connectivity index (χ1n) is 9.07. The van der Waals surface area contributed by atoms with Crippen molar-refractivity contribution in [2.75, 3.05) is 39.2 Å². The van der Waals surface area contributed by atoms with Gasteiger partial charge in [-0.1, -0.05) is 41.1 Å². The van der Waals surface area contributed by atoms with Gasteiger partial charge < -0.3 is 9.64 Å². The number of thiazole rings is 1. The van der Waals surface area contributed by atoms with Crippen LogP contribution in [0.15, 0.2) is 36.4 Å². The number of anilines is 1. The van der Waals surface area contributed by atoms with Gasteiger partial charge in [-0.2, -0.15) is 0 Å². The molecule has 8 heteroatoms. The van der Waals surface area contributed by atoms with Crippen LogP contribution in [0.1, 0.15) is 22.3 Å². The zero-order valence-electron chi connectivity index (χ0n) is 16.9. The Morgan fingerprint density at radius 2 is 1.90 bits per heavy atom. The van der Waals surface area contributed by atoms with Gasteiger partial charge in [0.1, 0.15) is 11.3 Å². The van der Waals surface area contributed by atoms with E-state index in [4.69, 9.17) is 21.3 Å². The summed E-state index contributed by atoms with van der Waals surface area (Å²) >= 11 is 7.80. The summed E-state index contributed by atoms with van der Waals surface area (Å²) in [7, 11) is 5.67. The van der Waals surface area contributed by atoms with Crippen molar-refractivity contribution in [2.45, 2.75) is 13.3 Å². The average Bonchev–Trinajstić information content (AvgIpc) is 3.11. The number of rotatable bonds is 7. The molecular formula is C21H25Cl2N3O2S. The summed E-state index contributed by atoms with van der Waals surface area (Å²) in [6, 6.07) is 11.0. The fraction of sp³-hybridized carbons (Fsp3) is 0.333. The van der Waals surface area contributed by atoms with Gasteiger partial charge in [-0.3, -0.25) is 9.69 Å². The van der Waals surface area contributed by atoms with E-state index in [1.807, 2.05) is 45.3 Å². The van der Waals surface area contributed by atoms with Crippen LogP contribution in [0.3, 0.4) is 0 Å². The van der Waals surface area contributed by atoms with E-state index in [0.29, 0.717) is 28.0 Å². The number of methoxy groups -OCH3 is 1. The third-order valence-electron chi connectivity index (χ3n) is 4.48. The fourth-order valence-corrected chi connectivity index (χ4v) is 4.28. The molecule has 0 aliphatic heterocycles. The van der Waals surface area contributed by atoms with E-state index < -0.39 is 0 Å². The Morgan fingerprint density at radius 3 is 2.55 bits per heavy atom. The molecule has 0 saturated carbocycles. The number of fused-ring (bicyclic) bond motifs is 1. The first kappa shape index (κ1) is 23.4. The summed E-state index contributed by atoms with van der Waals surface area (Å²) in [6.45, 7) is 3.47. The number of carbonyl (C=O) groups is 1. The van der Waals surface area contributed by atoms with E-state index >= 15 is 0 Å². The highest BCUT2D eigenvalue weighted by atomic mass is 35.5. The normalized spacial score (nSPS) is 10.8. The molecular weight excluding hydrogens is 429 g/mol. The van der Waals surface area contributed by atoms with Gasteiger partial charge in [0, 0.05) is 6.54 Å². The highest BCUT2D eigenvalue weighted by molar-refractivity contribution is 7.22. The maximum atomic E-state index is 13.3. The van der Waals surface area contributed by atoms with Crippen LogP contribution >= 0.6 is 35.3 Å². The number of carbonyl (C=O) groups excluding carboxylic acids is 1. The van der Waals surface area contributed by atoms with Crippen LogP contribution in [-0.2, 0) is 0 Å². The van der Waals surface area contributed by atoms with Gasteiger partial charge >= 0.3 is 0 Å². The van der Waals surface area contributed by atoms with Gasteiger partial charge in [-0.25, -0.2) is 4.98 Å². The lowest BCUT2D eigenvalue weighted by Crippen LogP contribution is -2.33. The summed E-state index contributed by atoms with van der Waals surface area (Å²) in [5.41, 5.74) is 2.38. The van der Waals surface area contributed by atoms with Crippen molar-refractivity contribution < 1.29 is 9.53 Å². The standard InChI is InChI=1S/C21H24ClN3O2S.ClH/c1-14-10-11-17(27-4)18-19(14)28-21(23-18)25(13-7-12-24(2)3)20(26)15-8-5-6-9-16(15)22;/h5-6,8-11H,7,12-13H2,1-4H3;1H. The summed E-state index contributed by atoms with van der Waals surface area (Å²) in [4.78, 5) is 21.9. The molecule has 3 rings (SSSR count). The van der Waals surface area contributed by atoms with Crippen LogP contribution in [0.2, 0.25) is 5.02 Å². The number of halogens is 2. The van der Waals surface area contributed by atoms with Crippen LogP contribution in [0, 0.1) is 6.92 Å². The monoisotopic (exact) mass is 453 g/mol. The van der Waals surface area contributed by atoms with Crippen molar-refractivity contribution in [3.05, 3.63) is 52.5 Å². The third kappa shape index (κ3) is 5.20. The number of ether oxygens (including phenoxy) is 1. The molecule has 0 aliphatic rings. The summed E-state index contributed by atoms with van der Waals surface area (Å²) in [5.74, 6) is 0.571. The van der Waals surface area contributed by atoms with E-state index in [1.165, 1.54) is 11.3 Å². The van der Waals surface area contributed by atoms with Gasteiger partial charge in [0.25, 0.3) is 5.91 Å². The van der Waals surface area contributed by atoms with E-state index in [9.17, 15) is 4.79 Å². The minimum Gasteiger partial charge on any atom is -0.494 e. The van der Waals surface area contributed by atoms with Crippen molar-refractivity contribution in [2.24, 2.45) is 0 Å². The third-order valence-corrected chi connectivity index (χ3v) is 6.02. The number of amides is 1. The Labute approximate surface area is 186 Å². The molecule has 1 heterocycles. The number of aryl methyl sites for hydroxylation is 1. The molecule has 0 bridgehead atoms. The SMILES string of the molecule is COc1ccc(C)c2sc(N(CCCN(C)C)C(=O)c3ccccc3Cl)nc12.Cl. The smallest absolute Gasteiger partial charge is 0.261 e. The quantitative estimate of drug-likeness (QED) is 0.487. The summed E-state index contributed by atoms with van der Waals surface area (Å²) in [6.07, 6.45) is 0.829. The Kier molecular flexibility index (Phi) is 8.28. The lowest BCUT2D eigenvalue weighted by molar-refractivity contribution is 0.0986. The molecule has 1 amide bonds. The molecule has 1 aromatic heterocycles. The highest BCUT2D eigenvalue weighted by Gasteiger charge is 2.24. The maximum Gasteiger partial charge on any atom is 0.261 e. The molecule has 5 nitrogen and oxygen atoms in total. The van der Waals surface area contributed by atoms with Crippen molar-refractivity contribution in [1.82, 2.24) is 9.88 Å². The Bertz CT molecular complexity index is 991. The minimum atomic E-state index is -0.139. The van der Waals surface area contributed by atoms with Crippen LogP contribution in [0.5, 0.6) is 5.75 Å². The Morgan fingerprint density at radius 1 is 1.17 bits per heavy atom. The molecule has 0 atom stereocenters. The summed E-state index contributed by atoms with van der Waals surface area (Å²) < 4.78 is 6.49. The predicted molar refractivity (Wildman–Crippen MR) is 124 cm³/mol. The van der Waals surface area contributed by atoms with Gasteiger partial charge in [-0.05, 0) is 57.7 Å². The number of nitrogens with zero attached hydrogens (tertiary/aromatic N) is 3. The zero-order valence-corrected chi connectivity index (χ0v) is 19.3. The second-order valence-corrected chi connectivity index (χ2v) is 8.24. The molecule has 0 radical (unpaired) electrons. The summed E-state index contributed by atoms with van der Waals surface area (Å²) in [5, 5.41) is 1.10. The second-order valence-electron chi connectivity index (χ2n) is 6.85. The van der Waals surface area contributed by atoms with Crippen molar-refractivity contribution in [1.29, 1.82) is 0 Å². The molecule has 3 aromatic rings. The number of benzene rings is 2. The second kappa shape index (κ2) is 10.3. The highest BCUT2D eigenvalue weighted by Crippen LogP contribution is 2.37. The Hall–Kier alpha value is -1.86. The largest absolute Gasteiger partial charge is 0.494 e. The van der Waals surface area contributed by atoms with Gasteiger partial charge in [-0.15, -0.1) is 12.4 Å². The zero-order chi connectivity index (χ0) is 20.3. The molecule has 2 aromatic carbocycles. The van der Waals surface area contributed by atoms with Gasteiger partial charge in [0.2, 0.25) is 0 Å². The maximum absolute atomic E-state index is 13.3. The first-order valence-corrected chi connectivity index (χ1v) is 10.3. The molecule has 156 valence electrons. The predicted octanol–water partition coefficient (Wildman–Crippen LogP) is 5.29. The van der Waals surface area contributed by atoms with Crippen LogP contribution < -0.4 is 9.64 Å². The Balaban J connectivity index is 0.00000300. The van der Waals surface area contributed by atoms with Gasteiger partial charge in [0.05, 0.1) is 22.4 Å². The first-order chi connectivity index (χ1) is 13.4. The minimum absolute atomic E-state index is 0. The lowest BCUT2D eigenvalue weighted by Gasteiger charge is -2.21. The molecule has 0 spiro atoms. The molecule has 0 fully saturated rings. The van der Waals surface area contributed by atoms with E-state index in [2.05, 4.69) is 4.90 Å². The average molecular weight is 454 g/mol. The fourth-order valence-electron chi connectivity index (χ4n) is 2.99. The van der Waals surface area contributed by atoms with E-state index in [1.54, 1.807) is 24.1 Å². The van der Waals surface area contributed by atoms with Crippen LogP contribution in [0.4, 0.5) is 5.13 Å². The van der Waals surface area contributed by atoms with E-state index in [0.717, 1.165) is 28.7 Å². The van der Waals surface area contributed by atoms with Gasteiger partial charge in [0.15, 0.2) is 5.13 Å². The van der Waals surface area contributed by atoms with Crippen LogP contribution in [-0.4, -0.2) is 50.1 Å². The topological polar surface area (TPSA) is 45.7 Å². The lowest BCUT2D eigenvalue weighted by atomic mass is 10.2. The molecule has 0 saturated heterocycles. The molecule has 0 unspecified atom stereocenters. The number of hydrogen-bond acceptors (Lipinski definition) is 5. The molecule has 29 heavy (non-hydrogen) atoms. The van der Waals surface area contributed by atoms with Crippen molar-refractivity contribution in [3.8, 4) is 5.75 Å². The number of aromatic nitrogens is 1. The van der Waals surface area contributed by atoms with E-state index in [-0.39, 0.29) is 18.3 Å². The molecule has 0 aliphatic carbocycles.